The summed E-state index contributed by atoms with van der Waals surface area (Å²) in [7, 11) is 0. The smallest absolute Gasteiger partial charge is 0.322 e. The van der Waals surface area contributed by atoms with Gasteiger partial charge >= 0.3 is 5.97 Å². The monoisotopic (exact) mass is 424 g/mol. The van der Waals surface area contributed by atoms with Gasteiger partial charge in [-0.05, 0) is 30.3 Å². The van der Waals surface area contributed by atoms with Gasteiger partial charge in [-0.15, -0.1) is 11.3 Å². The Morgan fingerprint density at radius 3 is 2.83 bits per heavy atom. The number of aromatic nitrogens is 1. The molecule has 0 radical (unpaired) electrons. The lowest BCUT2D eigenvalue weighted by Gasteiger charge is -2.10. The summed E-state index contributed by atoms with van der Waals surface area (Å²) in [4.78, 5) is 40.4. The minimum absolute atomic E-state index is 0.230. The number of para-hydroxylation sites is 1. The number of ether oxygens (including phenoxy) is 1. The van der Waals surface area contributed by atoms with Gasteiger partial charge in [-0.25, -0.2) is 4.98 Å². The second-order valence-corrected chi connectivity index (χ2v) is 7.44. The number of carboxylic acids is 1. The molecule has 1 aliphatic heterocycles. The third-order valence-electron chi connectivity index (χ3n) is 4.21. The molecule has 0 saturated heterocycles. The maximum Gasteiger partial charge on any atom is 0.322 e. The number of anilines is 2. The lowest BCUT2D eigenvalue weighted by molar-refractivity contribution is -0.134. The van der Waals surface area contributed by atoms with Crippen LogP contribution in [0.1, 0.15) is 25.6 Å². The third kappa shape index (κ3) is 4.23. The molecule has 9 nitrogen and oxygen atoms in total. The molecule has 0 fully saturated rings. The molecule has 1 aliphatic rings. The van der Waals surface area contributed by atoms with Gasteiger partial charge in [0.1, 0.15) is 12.3 Å². The van der Waals surface area contributed by atoms with Crippen LogP contribution in [-0.4, -0.2) is 34.4 Å². The molecule has 0 saturated carbocycles. The van der Waals surface area contributed by atoms with Crippen molar-refractivity contribution in [1.82, 2.24) is 10.3 Å². The molecule has 10 heteroatoms. The van der Waals surface area contributed by atoms with Gasteiger partial charge in [0.05, 0.1) is 17.8 Å². The van der Waals surface area contributed by atoms with Crippen molar-refractivity contribution in [2.45, 2.75) is 6.54 Å². The molecule has 0 aliphatic carbocycles. The van der Waals surface area contributed by atoms with Gasteiger partial charge in [0.25, 0.3) is 11.8 Å². The molecule has 0 atom stereocenters. The Hall–Kier alpha value is -3.92. The first-order chi connectivity index (χ1) is 14.5. The Labute approximate surface area is 174 Å². The van der Waals surface area contributed by atoms with Crippen LogP contribution in [0.15, 0.2) is 48.7 Å². The molecular weight excluding hydrogens is 408 g/mol. The Morgan fingerprint density at radius 2 is 2.00 bits per heavy atom. The Kier molecular flexibility index (Phi) is 5.31. The van der Waals surface area contributed by atoms with E-state index < -0.39 is 5.97 Å². The fourth-order valence-electron chi connectivity index (χ4n) is 2.80. The SMILES string of the molecule is O=C(O)CNc1ncc(CNC(=O)c2ccc3c(c2)NC(=O)c2ccccc2O3)s1. The number of hydrogen-bond acceptors (Lipinski definition) is 7. The minimum atomic E-state index is -0.984. The molecule has 4 rings (SSSR count). The predicted molar refractivity (Wildman–Crippen MR) is 110 cm³/mol. The van der Waals surface area contributed by atoms with Crippen molar-refractivity contribution < 1.29 is 24.2 Å². The van der Waals surface area contributed by atoms with Crippen LogP contribution < -0.4 is 20.7 Å². The number of rotatable bonds is 6. The van der Waals surface area contributed by atoms with Gasteiger partial charge in [-0.1, -0.05) is 12.1 Å². The lowest BCUT2D eigenvalue weighted by atomic mass is 10.1. The van der Waals surface area contributed by atoms with Crippen molar-refractivity contribution in [3.05, 3.63) is 64.7 Å². The average Bonchev–Trinajstić information content (AvgIpc) is 3.14. The van der Waals surface area contributed by atoms with E-state index in [2.05, 4.69) is 20.9 Å². The van der Waals surface area contributed by atoms with Gasteiger partial charge < -0.3 is 25.8 Å². The van der Waals surface area contributed by atoms with Crippen molar-refractivity contribution in [1.29, 1.82) is 0 Å². The van der Waals surface area contributed by atoms with E-state index in [9.17, 15) is 14.4 Å². The highest BCUT2D eigenvalue weighted by molar-refractivity contribution is 7.15. The summed E-state index contributed by atoms with van der Waals surface area (Å²) in [5, 5.41) is 17.4. The van der Waals surface area contributed by atoms with Crippen molar-refractivity contribution in [3.8, 4) is 11.5 Å². The van der Waals surface area contributed by atoms with E-state index in [-0.39, 0.29) is 24.9 Å². The summed E-state index contributed by atoms with van der Waals surface area (Å²) in [5.41, 5.74) is 1.18. The number of carbonyl (C=O) groups excluding carboxylic acids is 2. The van der Waals surface area contributed by atoms with Crippen LogP contribution in [0.3, 0.4) is 0 Å². The van der Waals surface area contributed by atoms with Crippen LogP contribution in [-0.2, 0) is 11.3 Å². The molecule has 3 aromatic rings. The zero-order chi connectivity index (χ0) is 21.1. The number of fused-ring (bicyclic) bond motifs is 2. The molecule has 0 spiro atoms. The Balaban J connectivity index is 1.43. The predicted octanol–water partition coefficient (Wildman–Crippen LogP) is 2.93. The highest BCUT2D eigenvalue weighted by Gasteiger charge is 2.21. The third-order valence-corrected chi connectivity index (χ3v) is 5.16. The molecule has 2 aromatic carbocycles. The van der Waals surface area contributed by atoms with Crippen LogP contribution in [0.2, 0.25) is 0 Å². The number of carbonyl (C=O) groups is 3. The molecule has 0 bridgehead atoms. The number of aliphatic carboxylic acids is 1. The maximum atomic E-state index is 12.5. The summed E-state index contributed by atoms with van der Waals surface area (Å²) >= 11 is 1.25. The lowest BCUT2D eigenvalue weighted by Crippen LogP contribution is -2.22. The normalized spacial score (nSPS) is 11.9. The highest BCUT2D eigenvalue weighted by Crippen LogP contribution is 2.36. The minimum Gasteiger partial charge on any atom is -0.480 e. The first kappa shape index (κ1) is 19.4. The summed E-state index contributed by atoms with van der Waals surface area (Å²) < 4.78 is 5.81. The van der Waals surface area contributed by atoms with Gasteiger partial charge in [0, 0.05) is 16.6 Å². The Morgan fingerprint density at radius 1 is 1.17 bits per heavy atom. The van der Waals surface area contributed by atoms with Gasteiger partial charge in [-0.2, -0.15) is 0 Å². The van der Waals surface area contributed by atoms with Crippen molar-refractivity contribution in [2.24, 2.45) is 0 Å². The zero-order valence-corrected chi connectivity index (χ0v) is 16.3. The van der Waals surface area contributed by atoms with Crippen LogP contribution in [0.5, 0.6) is 11.5 Å². The van der Waals surface area contributed by atoms with E-state index in [1.807, 2.05) is 0 Å². The number of thiazole rings is 1. The van der Waals surface area contributed by atoms with Gasteiger partial charge in [0.2, 0.25) is 0 Å². The quantitative estimate of drug-likeness (QED) is 0.479. The molecule has 2 amide bonds. The van der Waals surface area contributed by atoms with Crippen LogP contribution in [0.4, 0.5) is 10.8 Å². The van der Waals surface area contributed by atoms with E-state index in [1.54, 1.807) is 48.7 Å². The van der Waals surface area contributed by atoms with Gasteiger partial charge in [0.15, 0.2) is 10.9 Å². The highest BCUT2D eigenvalue weighted by atomic mass is 32.1. The van der Waals surface area contributed by atoms with E-state index in [4.69, 9.17) is 9.84 Å². The molecule has 4 N–H and O–H groups in total. The second kappa shape index (κ2) is 8.21. The van der Waals surface area contributed by atoms with E-state index in [0.29, 0.717) is 33.4 Å². The first-order valence-electron chi connectivity index (χ1n) is 8.90. The van der Waals surface area contributed by atoms with Crippen LogP contribution in [0, 0.1) is 0 Å². The van der Waals surface area contributed by atoms with Crippen LogP contribution >= 0.6 is 11.3 Å². The number of hydrogen-bond donors (Lipinski definition) is 4. The van der Waals surface area contributed by atoms with Crippen molar-refractivity contribution in [3.63, 3.8) is 0 Å². The number of benzene rings is 2. The summed E-state index contributed by atoms with van der Waals surface area (Å²) in [6.45, 7) is 0.00271. The largest absolute Gasteiger partial charge is 0.480 e. The van der Waals surface area contributed by atoms with Gasteiger partial charge in [-0.3, -0.25) is 14.4 Å². The molecule has 0 unspecified atom stereocenters. The molecule has 30 heavy (non-hydrogen) atoms. The van der Waals surface area contributed by atoms with E-state index in [0.717, 1.165) is 4.88 Å². The topological polar surface area (TPSA) is 130 Å². The average molecular weight is 424 g/mol. The number of nitrogens with zero attached hydrogens (tertiary/aromatic N) is 1. The summed E-state index contributed by atoms with van der Waals surface area (Å²) in [6.07, 6.45) is 1.57. The Bertz CT molecular complexity index is 1140. The zero-order valence-electron chi connectivity index (χ0n) is 15.5. The number of nitrogens with one attached hydrogen (secondary N) is 3. The fourth-order valence-corrected chi connectivity index (χ4v) is 3.55. The fraction of sp³-hybridized carbons (Fsp3) is 0.100. The standard InChI is InChI=1S/C20H16N4O5S/c25-17(26)10-23-20-22-9-12(30-20)8-21-18(27)11-5-6-16-14(7-11)24-19(28)13-3-1-2-4-15(13)29-16/h1-7,9H,8,10H2,(H,21,27)(H,22,23)(H,24,28)(H,25,26). The maximum absolute atomic E-state index is 12.5. The first-order valence-corrected chi connectivity index (χ1v) is 9.72. The van der Waals surface area contributed by atoms with E-state index >= 15 is 0 Å². The van der Waals surface area contributed by atoms with Crippen LogP contribution in [0.25, 0.3) is 0 Å². The van der Waals surface area contributed by atoms with E-state index in [1.165, 1.54) is 11.3 Å². The molecule has 152 valence electrons. The molecule has 2 heterocycles. The number of carboxylic acid groups (broad SMARTS) is 1. The number of amides is 2. The second-order valence-electron chi connectivity index (χ2n) is 6.32. The summed E-state index contributed by atoms with van der Waals surface area (Å²) in [6, 6.07) is 11.7. The molecule has 1 aromatic heterocycles. The molecular formula is C20H16N4O5S. The van der Waals surface area contributed by atoms with Crippen molar-refractivity contribution in [2.75, 3.05) is 17.2 Å². The van der Waals surface area contributed by atoms with Crippen molar-refractivity contribution >= 4 is 39.9 Å². The summed E-state index contributed by atoms with van der Waals surface area (Å²) in [5.74, 6) is -0.734.